The van der Waals surface area contributed by atoms with Gasteiger partial charge in [0.25, 0.3) is 0 Å². The molecule has 7 nitrogen and oxygen atoms in total. The largest absolute Gasteiger partial charge is 0.465 e. The smallest absolute Gasteiger partial charge is 0.338 e. The number of carbonyl (C=O) groups excluding carboxylic acids is 2. The van der Waals surface area contributed by atoms with E-state index >= 15 is 0 Å². The Morgan fingerprint density at radius 1 is 0.929 bits per heavy atom. The van der Waals surface area contributed by atoms with Gasteiger partial charge in [-0.2, -0.15) is 0 Å². The zero-order valence-electron chi connectivity index (χ0n) is 23.7. The maximum absolute atomic E-state index is 12.9. The first-order chi connectivity index (χ1) is 20.5. The van der Waals surface area contributed by atoms with Crippen molar-refractivity contribution in [3.63, 3.8) is 0 Å². The lowest BCUT2D eigenvalue weighted by atomic mass is 9.98. The molecule has 8 heteroatoms. The van der Waals surface area contributed by atoms with Crippen LogP contribution in [0.4, 0.5) is 10.5 Å². The van der Waals surface area contributed by atoms with Crippen molar-refractivity contribution in [2.75, 3.05) is 12.4 Å². The average Bonchev–Trinajstić information content (AvgIpc) is 3.32. The number of rotatable bonds is 10. The summed E-state index contributed by atoms with van der Waals surface area (Å²) in [5.41, 5.74) is 4.78. The average molecular weight is 581 g/mol. The van der Waals surface area contributed by atoms with Gasteiger partial charge in [0.2, 0.25) is 0 Å². The standard InChI is InChI=1S/C34H33ClN4O3/c1-3-4-16-31-38-32(35)30(21-36-34(41)37-29-15-9-11-24-10-5-6-13-27(24)29)39(31)22-23-17-19-25(20-18-23)26-12-7-8-14-28(26)33(40)42-2/h5-15,17-20H,3-4,16,21-22H2,1-2H3,(H2,36,37,41). The second kappa shape index (κ2) is 13.4. The number of methoxy groups -OCH3 is 1. The molecule has 5 rings (SSSR count). The first-order valence-electron chi connectivity index (χ1n) is 14.0. The van der Waals surface area contributed by atoms with Gasteiger partial charge in [-0.15, -0.1) is 0 Å². The minimum absolute atomic E-state index is 0.221. The Bertz CT molecular complexity index is 1710. The summed E-state index contributed by atoms with van der Waals surface area (Å²) in [5.74, 6) is 0.512. The summed E-state index contributed by atoms with van der Waals surface area (Å²) in [6.07, 6.45) is 2.79. The zero-order chi connectivity index (χ0) is 29.5. The Balaban J connectivity index is 1.35. The molecule has 2 amide bonds. The number of anilines is 1. The zero-order valence-corrected chi connectivity index (χ0v) is 24.4. The van der Waals surface area contributed by atoms with Crippen LogP contribution in [-0.2, 0) is 24.2 Å². The molecule has 0 bridgehead atoms. The summed E-state index contributed by atoms with van der Waals surface area (Å²) in [6, 6.07) is 28.9. The van der Waals surface area contributed by atoms with Crippen molar-refractivity contribution in [3.8, 4) is 11.1 Å². The van der Waals surface area contributed by atoms with Crippen LogP contribution in [0.5, 0.6) is 0 Å². The first kappa shape index (κ1) is 28.9. The molecule has 0 aliphatic heterocycles. The van der Waals surface area contributed by atoms with Crippen LogP contribution in [0.1, 0.15) is 47.2 Å². The quantitative estimate of drug-likeness (QED) is 0.165. The van der Waals surface area contributed by atoms with Crippen molar-refractivity contribution in [2.24, 2.45) is 0 Å². The fraction of sp³-hybridized carbons (Fsp3) is 0.206. The Kier molecular flexibility index (Phi) is 9.19. The van der Waals surface area contributed by atoms with Crippen LogP contribution >= 0.6 is 11.6 Å². The van der Waals surface area contributed by atoms with Crippen molar-refractivity contribution in [2.45, 2.75) is 39.3 Å². The van der Waals surface area contributed by atoms with Crippen LogP contribution in [0.2, 0.25) is 5.15 Å². The van der Waals surface area contributed by atoms with E-state index in [1.807, 2.05) is 84.9 Å². The molecule has 0 spiro atoms. The Labute approximate surface area is 250 Å². The predicted octanol–water partition coefficient (Wildman–Crippen LogP) is 7.86. The molecule has 0 fully saturated rings. The number of aromatic nitrogens is 2. The molecule has 42 heavy (non-hydrogen) atoms. The molecule has 1 aromatic heterocycles. The molecule has 0 aliphatic rings. The number of hydrogen-bond donors (Lipinski definition) is 2. The number of carbonyl (C=O) groups is 2. The topological polar surface area (TPSA) is 85.3 Å². The lowest BCUT2D eigenvalue weighted by Crippen LogP contribution is -2.29. The number of unbranched alkanes of at least 4 members (excludes halogenated alkanes) is 1. The van der Waals surface area contributed by atoms with E-state index in [4.69, 9.17) is 16.3 Å². The van der Waals surface area contributed by atoms with E-state index in [0.29, 0.717) is 17.3 Å². The molecule has 1 heterocycles. The normalized spacial score (nSPS) is 10.9. The van der Waals surface area contributed by atoms with Gasteiger partial charge in [-0.3, -0.25) is 0 Å². The van der Waals surface area contributed by atoms with Gasteiger partial charge in [-0.05, 0) is 40.6 Å². The van der Waals surface area contributed by atoms with E-state index in [-0.39, 0.29) is 18.5 Å². The molecule has 0 unspecified atom stereocenters. The van der Waals surface area contributed by atoms with Crippen LogP contribution in [-0.4, -0.2) is 28.7 Å². The van der Waals surface area contributed by atoms with Crippen molar-refractivity contribution in [1.29, 1.82) is 0 Å². The monoisotopic (exact) mass is 580 g/mol. The lowest BCUT2D eigenvalue weighted by Gasteiger charge is -2.15. The number of nitrogens with zero attached hydrogens (tertiary/aromatic N) is 2. The molecule has 0 atom stereocenters. The van der Waals surface area contributed by atoms with Crippen LogP contribution < -0.4 is 10.6 Å². The van der Waals surface area contributed by atoms with E-state index in [1.54, 1.807) is 6.07 Å². The molecule has 5 aromatic rings. The highest BCUT2D eigenvalue weighted by molar-refractivity contribution is 6.30. The molecular weight excluding hydrogens is 548 g/mol. The van der Waals surface area contributed by atoms with Gasteiger partial charge in [0, 0.05) is 18.4 Å². The highest BCUT2D eigenvalue weighted by Gasteiger charge is 2.18. The summed E-state index contributed by atoms with van der Waals surface area (Å²) < 4.78 is 7.05. The van der Waals surface area contributed by atoms with Crippen LogP contribution in [0.15, 0.2) is 91.0 Å². The molecule has 214 valence electrons. The third-order valence-corrected chi connectivity index (χ3v) is 7.55. The number of ether oxygens (including phenoxy) is 1. The minimum Gasteiger partial charge on any atom is -0.465 e. The van der Waals surface area contributed by atoms with Gasteiger partial charge in [0.1, 0.15) is 5.82 Å². The Morgan fingerprint density at radius 2 is 1.67 bits per heavy atom. The second-order valence-corrected chi connectivity index (χ2v) is 10.4. The van der Waals surface area contributed by atoms with E-state index in [1.165, 1.54) is 7.11 Å². The van der Waals surface area contributed by atoms with Gasteiger partial charge < -0.3 is 19.9 Å². The van der Waals surface area contributed by atoms with E-state index in [2.05, 4.69) is 27.1 Å². The lowest BCUT2D eigenvalue weighted by molar-refractivity contribution is 0.0601. The SMILES string of the molecule is CCCCc1nc(Cl)c(CNC(=O)Nc2cccc3ccccc23)n1Cc1ccc(-c2ccccc2C(=O)OC)cc1. The molecule has 0 aliphatic carbocycles. The maximum atomic E-state index is 12.9. The number of esters is 1. The molecule has 4 aromatic carbocycles. The minimum atomic E-state index is -0.370. The fourth-order valence-electron chi connectivity index (χ4n) is 5.05. The summed E-state index contributed by atoms with van der Waals surface area (Å²) in [7, 11) is 1.38. The highest BCUT2D eigenvalue weighted by Crippen LogP contribution is 2.27. The molecule has 0 saturated heterocycles. The predicted molar refractivity (Wildman–Crippen MR) is 168 cm³/mol. The third-order valence-electron chi connectivity index (χ3n) is 7.25. The van der Waals surface area contributed by atoms with Crippen molar-refractivity contribution in [3.05, 3.63) is 119 Å². The Hall–Kier alpha value is -4.62. The third kappa shape index (κ3) is 6.47. The van der Waals surface area contributed by atoms with Crippen LogP contribution in [0, 0.1) is 0 Å². The molecule has 0 radical (unpaired) electrons. The number of hydrogen-bond acceptors (Lipinski definition) is 4. The number of benzene rings is 4. The molecular formula is C34H33ClN4O3. The van der Waals surface area contributed by atoms with Crippen LogP contribution in [0.3, 0.4) is 0 Å². The molecule has 2 N–H and O–H groups in total. The van der Waals surface area contributed by atoms with Gasteiger partial charge in [-0.25, -0.2) is 14.6 Å². The van der Waals surface area contributed by atoms with E-state index in [0.717, 1.165) is 63.9 Å². The van der Waals surface area contributed by atoms with Crippen molar-refractivity contribution in [1.82, 2.24) is 14.9 Å². The van der Waals surface area contributed by atoms with Crippen molar-refractivity contribution >= 4 is 40.1 Å². The van der Waals surface area contributed by atoms with Gasteiger partial charge in [0.05, 0.1) is 30.6 Å². The number of imidazole rings is 1. The summed E-state index contributed by atoms with van der Waals surface area (Å²) >= 11 is 6.64. The number of nitrogens with one attached hydrogen (secondary N) is 2. The number of halogens is 1. The summed E-state index contributed by atoms with van der Waals surface area (Å²) in [5, 5.41) is 8.34. The summed E-state index contributed by atoms with van der Waals surface area (Å²) in [6.45, 7) is 2.90. The molecule has 0 saturated carbocycles. The fourth-order valence-corrected chi connectivity index (χ4v) is 5.31. The number of fused-ring (bicyclic) bond motifs is 1. The van der Waals surface area contributed by atoms with Gasteiger partial charge in [0.15, 0.2) is 5.15 Å². The van der Waals surface area contributed by atoms with Gasteiger partial charge >= 0.3 is 12.0 Å². The summed E-state index contributed by atoms with van der Waals surface area (Å²) in [4.78, 5) is 29.9. The number of aryl methyl sites for hydroxylation is 1. The van der Waals surface area contributed by atoms with E-state index in [9.17, 15) is 9.59 Å². The maximum Gasteiger partial charge on any atom is 0.338 e. The number of urea groups is 1. The van der Waals surface area contributed by atoms with E-state index < -0.39 is 0 Å². The van der Waals surface area contributed by atoms with Crippen LogP contribution in [0.25, 0.3) is 21.9 Å². The highest BCUT2D eigenvalue weighted by atomic mass is 35.5. The first-order valence-corrected chi connectivity index (χ1v) is 14.4. The second-order valence-electron chi connectivity index (χ2n) is 10.0. The van der Waals surface area contributed by atoms with Gasteiger partial charge in [-0.1, -0.05) is 104 Å². The number of amides is 2. The Morgan fingerprint density at radius 3 is 2.45 bits per heavy atom. The van der Waals surface area contributed by atoms with Crippen molar-refractivity contribution < 1.29 is 14.3 Å².